The van der Waals surface area contributed by atoms with Crippen LogP contribution in [0, 0.1) is 9.49 Å². The molecule has 7 heteroatoms. The molecule has 1 heterocycles. The molecule has 2 rings (SSSR count). The number of likely N-dealkylation sites (tertiary alicyclic amines) is 1. The minimum absolute atomic E-state index is 0.0216. The number of piperidine rings is 1. The lowest BCUT2D eigenvalue weighted by Gasteiger charge is -2.31. The van der Waals surface area contributed by atoms with E-state index in [1.54, 1.807) is 4.90 Å². The van der Waals surface area contributed by atoms with Gasteiger partial charge in [0.25, 0.3) is 5.91 Å². The normalized spacial score (nSPS) is 15.6. The maximum atomic E-state index is 12.1. The van der Waals surface area contributed by atoms with Crippen LogP contribution in [0.3, 0.4) is 0 Å². The first kappa shape index (κ1) is 16.0. The van der Waals surface area contributed by atoms with Crippen LogP contribution >= 0.6 is 22.6 Å². The minimum Gasteiger partial charge on any atom is -0.483 e. The van der Waals surface area contributed by atoms with Gasteiger partial charge in [0.15, 0.2) is 6.61 Å². The molecule has 1 aromatic rings. The second kappa shape index (κ2) is 7.60. The average molecular weight is 403 g/mol. The Labute approximate surface area is 137 Å². The molecule has 1 fully saturated rings. The Hall–Kier alpha value is -1.35. The van der Waals surface area contributed by atoms with Gasteiger partial charge in [-0.05, 0) is 47.6 Å². The van der Waals surface area contributed by atoms with Crippen molar-refractivity contribution in [1.82, 2.24) is 10.3 Å². The molecule has 1 aliphatic rings. The highest BCUT2D eigenvalue weighted by molar-refractivity contribution is 14.1. The van der Waals surface area contributed by atoms with Crippen molar-refractivity contribution < 1.29 is 14.3 Å². The highest BCUT2D eigenvalue weighted by Gasteiger charge is 2.27. The fraction of sp³-hybridized carbons (Fsp3) is 0.429. The summed E-state index contributed by atoms with van der Waals surface area (Å²) in [6.45, 7) is 1.14. The Bertz CT molecular complexity index is 516. The fourth-order valence-electron chi connectivity index (χ4n) is 2.30. The van der Waals surface area contributed by atoms with Crippen LogP contribution in [-0.4, -0.2) is 36.4 Å². The molecule has 0 spiro atoms. The van der Waals surface area contributed by atoms with Gasteiger partial charge in [0.05, 0.1) is 3.57 Å². The van der Waals surface area contributed by atoms with Gasteiger partial charge in [0.2, 0.25) is 5.91 Å². The zero-order chi connectivity index (χ0) is 15.2. The monoisotopic (exact) mass is 403 g/mol. The summed E-state index contributed by atoms with van der Waals surface area (Å²) in [5.41, 5.74) is 2.16. The fourth-order valence-corrected chi connectivity index (χ4v) is 2.84. The van der Waals surface area contributed by atoms with Crippen molar-refractivity contribution in [3.8, 4) is 5.75 Å². The number of ether oxygens (including phenoxy) is 1. The third kappa shape index (κ3) is 4.31. The van der Waals surface area contributed by atoms with Crippen molar-refractivity contribution in [2.24, 2.45) is 11.8 Å². The summed E-state index contributed by atoms with van der Waals surface area (Å²) in [6.07, 6.45) is 1.27. The number of hydrogen-bond donors (Lipinski definition) is 2. The van der Waals surface area contributed by atoms with Gasteiger partial charge in [-0.1, -0.05) is 12.1 Å². The quantitative estimate of drug-likeness (QED) is 0.339. The van der Waals surface area contributed by atoms with Crippen molar-refractivity contribution in [1.29, 1.82) is 0 Å². The predicted octanol–water partition coefficient (Wildman–Crippen LogP) is 0.899. The Morgan fingerprint density at radius 1 is 1.33 bits per heavy atom. The molecule has 1 saturated heterocycles. The van der Waals surface area contributed by atoms with Gasteiger partial charge < -0.3 is 9.64 Å². The summed E-state index contributed by atoms with van der Waals surface area (Å²) < 4.78 is 6.52. The molecule has 0 bridgehead atoms. The topological polar surface area (TPSA) is 84.7 Å². The van der Waals surface area contributed by atoms with E-state index < -0.39 is 0 Å². The second-order valence-corrected chi connectivity index (χ2v) is 6.04. The zero-order valence-corrected chi connectivity index (χ0v) is 13.7. The molecule has 21 heavy (non-hydrogen) atoms. The van der Waals surface area contributed by atoms with Gasteiger partial charge in [0, 0.05) is 19.0 Å². The Kier molecular flexibility index (Phi) is 5.80. The Morgan fingerprint density at radius 3 is 2.62 bits per heavy atom. The number of nitrogens with two attached hydrogens (primary N) is 1. The molecule has 0 aliphatic carbocycles. The van der Waals surface area contributed by atoms with Crippen LogP contribution in [0.1, 0.15) is 12.8 Å². The predicted molar refractivity (Wildman–Crippen MR) is 86.3 cm³/mol. The van der Waals surface area contributed by atoms with Crippen LogP contribution in [0.25, 0.3) is 0 Å². The smallest absolute Gasteiger partial charge is 0.260 e. The molecule has 1 aliphatic heterocycles. The highest BCUT2D eigenvalue weighted by Crippen LogP contribution is 2.20. The van der Waals surface area contributed by atoms with Gasteiger partial charge in [0.1, 0.15) is 5.75 Å². The first-order valence-corrected chi connectivity index (χ1v) is 7.85. The van der Waals surface area contributed by atoms with Gasteiger partial charge in [-0.3, -0.25) is 15.0 Å². The summed E-state index contributed by atoms with van der Waals surface area (Å²) in [4.78, 5) is 25.3. The second-order valence-electron chi connectivity index (χ2n) is 4.88. The average Bonchev–Trinajstić information content (AvgIpc) is 2.53. The number of para-hydroxylation sites is 1. The van der Waals surface area contributed by atoms with E-state index in [4.69, 9.17) is 10.6 Å². The number of hydrogen-bond acceptors (Lipinski definition) is 4. The molecule has 0 aromatic heterocycles. The molecule has 0 unspecified atom stereocenters. The summed E-state index contributed by atoms with van der Waals surface area (Å²) in [7, 11) is 0. The van der Waals surface area contributed by atoms with Crippen molar-refractivity contribution in [2.45, 2.75) is 12.8 Å². The molecule has 0 saturated carbocycles. The van der Waals surface area contributed by atoms with Crippen LogP contribution in [0.5, 0.6) is 5.75 Å². The van der Waals surface area contributed by atoms with E-state index in [2.05, 4.69) is 28.0 Å². The first-order chi connectivity index (χ1) is 10.1. The summed E-state index contributed by atoms with van der Waals surface area (Å²) in [6, 6.07) is 7.56. The van der Waals surface area contributed by atoms with Gasteiger partial charge in [-0.15, -0.1) is 0 Å². The number of rotatable bonds is 4. The van der Waals surface area contributed by atoms with Crippen LogP contribution in [-0.2, 0) is 9.59 Å². The molecule has 0 atom stereocenters. The number of hydrazine groups is 1. The molecule has 3 N–H and O–H groups in total. The standard InChI is InChI=1S/C14H18IN3O3/c15-11-3-1-2-4-12(11)21-9-13(19)18-7-5-10(6-8-18)14(20)17-16/h1-4,10H,5-9,16H2,(H,17,20). The molecular formula is C14H18IN3O3. The van der Waals surface area contributed by atoms with Gasteiger partial charge >= 0.3 is 0 Å². The van der Waals surface area contributed by atoms with Crippen LogP contribution < -0.4 is 16.0 Å². The van der Waals surface area contributed by atoms with Crippen LogP contribution in [0.2, 0.25) is 0 Å². The maximum Gasteiger partial charge on any atom is 0.260 e. The van der Waals surface area contributed by atoms with E-state index >= 15 is 0 Å². The Balaban J connectivity index is 1.80. The van der Waals surface area contributed by atoms with E-state index in [9.17, 15) is 9.59 Å². The van der Waals surface area contributed by atoms with Crippen molar-refractivity contribution in [3.05, 3.63) is 27.8 Å². The molecular weight excluding hydrogens is 385 g/mol. The molecule has 1 aromatic carbocycles. The van der Waals surface area contributed by atoms with E-state index in [1.807, 2.05) is 24.3 Å². The zero-order valence-electron chi connectivity index (χ0n) is 11.5. The van der Waals surface area contributed by atoms with Crippen molar-refractivity contribution >= 4 is 34.4 Å². The van der Waals surface area contributed by atoms with Crippen molar-refractivity contribution in [3.63, 3.8) is 0 Å². The van der Waals surface area contributed by atoms with Gasteiger partial charge in [-0.2, -0.15) is 0 Å². The van der Waals surface area contributed by atoms with E-state index in [-0.39, 0.29) is 24.3 Å². The number of amides is 2. The summed E-state index contributed by atoms with van der Waals surface area (Å²) in [5, 5.41) is 0. The molecule has 0 radical (unpaired) electrons. The molecule has 114 valence electrons. The number of carbonyl (C=O) groups is 2. The lowest BCUT2D eigenvalue weighted by atomic mass is 9.96. The summed E-state index contributed by atoms with van der Waals surface area (Å²) >= 11 is 2.17. The number of benzene rings is 1. The SMILES string of the molecule is NNC(=O)C1CCN(C(=O)COc2ccccc2I)CC1. The lowest BCUT2D eigenvalue weighted by Crippen LogP contribution is -2.45. The molecule has 2 amide bonds. The minimum atomic E-state index is -0.155. The van der Waals surface area contributed by atoms with E-state index in [1.165, 1.54) is 0 Å². The first-order valence-electron chi connectivity index (χ1n) is 6.77. The maximum absolute atomic E-state index is 12.1. The largest absolute Gasteiger partial charge is 0.483 e. The van der Waals surface area contributed by atoms with Crippen LogP contribution in [0.4, 0.5) is 0 Å². The third-order valence-electron chi connectivity index (χ3n) is 3.55. The van der Waals surface area contributed by atoms with E-state index in [0.717, 1.165) is 3.57 Å². The number of halogens is 1. The lowest BCUT2D eigenvalue weighted by molar-refractivity contribution is -0.137. The molecule has 6 nitrogen and oxygen atoms in total. The number of carbonyl (C=O) groups excluding carboxylic acids is 2. The number of nitrogens with zero attached hydrogens (tertiary/aromatic N) is 1. The van der Waals surface area contributed by atoms with E-state index in [0.29, 0.717) is 31.7 Å². The van der Waals surface area contributed by atoms with Crippen LogP contribution in [0.15, 0.2) is 24.3 Å². The highest BCUT2D eigenvalue weighted by atomic mass is 127. The van der Waals surface area contributed by atoms with Crippen molar-refractivity contribution in [2.75, 3.05) is 19.7 Å². The summed E-state index contributed by atoms with van der Waals surface area (Å²) in [5.74, 6) is 5.52. The number of nitrogens with one attached hydrogen (secondary N) is 1. The third-order valence-corrected chi connectivity index (χ3v) is 4.44. The van der Waals surface area contributed by atoms with Gasteiger partial charge in [-0.25, -0.2) is 5.84 Å². The Morgan fingerprint density at radius 2 is 2.00 bits per heavy atom.